The average Bonchev–Trinajstić information content (AvgIpc) is 2.87. The molecule has 0 aromatic carbocycles. The number of aliphatic hydroxyl groups is 1. The fourth-order valence-electron chi connectivity index (χ4n) is 2.98. The molecule has 1 aromatic rings. The Morgan fingerprint density at radius 2 is 2.15 bits per heavy atom. The molecule has 1 heterocycles. The van der Waals surface area contributed by atoms with Crippen LogP contribution in [0.2, 0.25) is 0 Å². The summed E-state index contributed by atoms with van der Waals surface area (Å²) in [6.45, 7) is 4.17. The van der Waals surface area contributed by atoms with Gasteiger partial charge >= 0.3 is 0 Å². The van der Waals surface area contributed by atoms with E-state index in [4.69, 9.17) is 5.11 Å². The molecule has 0 spiro atoms. The number of aromatic nitrogens is 3. The van der Waals surface area contributed by atoms with Gasteiger partial charge in [0.1, 0.15) is 12.2 Å². The Morgan fingerprint density at radius 3 is 2.70 bits per heavy atom. The first-order valence-corrected chi connectivity index (χ1v) is 7.43. The summed E-state index contributed by atoms with van der Waals surface area (Å²) >= 11 is 0. The van der Waals surface area contributed by atoms with Crippen LogP contribution < -0.4 is 0 Å². The van der Waals surface area contributed by atoms with Crippen molar-refractivity contribution in [1.82, 2.24) is 19.9 Å². The van der Waals surface area contributed by atoms with Crippen LogP contribution in [0.5, 0.6) is 0 Å². The molecule has 1 saturated carbocycles. The molecule has 6 heteroatoms. The molecule has 1 aromatic heterocycles. The first kappa shape index (κ1) is 15.0. The van der Waals surface area contributed by atoms with Crippen molar-refractivity contribution in [1.29, 1.82) is 0 Å². The zero-order valence-corrected chi connectivity index (χ0v) is 12.3. The Kier molecular flexibility index (Phi) is 5.11. The third-order valence-electron chi connectivity index (χ3n) is 3.86. The molecule has 20 heavy (non-hydrogen) atoms. The summed E-state index contributed by atoms with van der Waals surface area (Å²) in [6.07, 6.45) is 7.52. The maximum Gasteiger partial charge on any atom is 0.244 e. The highest BCUT2D eigenvalue weighted by molar-refractivity contribution is 5.76. The Bertz CT molecular complexity index is 438. The van der Waals surface area contributed by atoms with Gasteiger partial charge < -0.3 is 10.0 Å². The minimum absolute atomic E-state index is 0.0845. The lowest BCUT2D eigenvalue weighted by atomic mass is 9.93. The molecule has 0 bridgehead atoms. The van der Waals surface area contributed by atoms with Crippen molar-refractivity contribution in [3.05, 3.63) is 11.9 Å². The molecule has 0 radical (unpaired) electrons. The number of carbonyl (C=O) groups excluding carboxylic acids is 1. The normalized spacial score (nSPS) is 16.6. The lowest BCUT2D eigenvalue weighted by Gasteiger charge is -2.37. The van der Waals surface area contributed by atoms with Gasteiger partial charge in [0.15, 0.2) is 0 Å². The molecule has 112 valence electrons. The first-order chi connectivity index (χ1) is 9.61. The van der Waals surface area contributed by atoms with Crippen molar-refractivity contribution < 1.29 is 9.90 Å². The van der Waals surface area contributed by atoms with E-state index >= 15 is 0 Å². The van der Waals surface area contributed by atoms with E-state index in [2.05, 4.69) is 24.2 Å². The number of aliphatic hydroxyl groups excluding tert-OH is 1. The van der Waals surface area contributed by atoms with E-state index in [1.807, 2.05) is 4.90 Å². The standard InChI is InChI=1S/C14H24N4O2/c1-11(2)18(13-6-4-3-5-7-13)14(20)9-17-8-12(10-19)15-16-17/h8,11,13,19H,3-7,9-10H2,1-2H3. The second-order valence-electron chi connectivity index (χ2n) is 5.75. The second-order valence-corrected chi connectivity index (χ2v) is 5.75. The van der Waals surface area contributed by atoms with Crippen molar-refractivity contribution in [3.8, 4) is 0 Å². The minimum Gasteiger partial charge on any atom is -0.390 e. The molecule has 1 N–H and O–H groups in total. The Hall–Kier alpha value is -1.43. The molecule has 2 rings (SSSR count). The predicted molar refractivity (Wildman–Crippen MR) is 74.8 cm³/mol. The molecule has 0 atom stereocenters. The zero-order chi connectivity index (χ0) is 14.5. The monoisotopic (exact) mass is 280 g/mol. The van der Waals surface area contributed by atoms with Gasteiger partial charge in [0.25, 0.3) is 0 Å². The molecular formula is C14H24N4O2. The van der Waals surface area contributed by atoms with E-state index in [0.717, 1.165) is 12.8 Å². The van der Waals surface area contributed by atoms with E-state index in [-0.39, 0.29) is 25.1 Å². The highest BCUT2D eigenvalue weighted by atomic mass is 16.3. The van der Waals surface area contributed by atoms with E-state index in [9.17, 15) is 4.79 Å². The van der Waals surface area contributed by atoms with Crippen molar-refractivity contribution in [2.24, 2.45) is 0 Å². The lowest BCUT2D eigenvalue weighted by Crippen LogP contribution is -2.47. The van der Waals surface area contributed by atoms with E-state index in [1.54, 1.807) is 6.20 Å². The van der Waals surface area contributed by atoms with Gasteiger partial charge in [0.2, 0.25) is 5.91 Å². The van der Waals surface area contributed by atoms with Crippen LogP contribution in [0.4, 0.5) is 0 Å². The van der Waals surface area contributed by atoms with Crippen LogP contribution in [-0.4, -0.2) is 43.0 Å². The molecule has 0 unspecified atom stereocenters. The largest absolute Gasteiger partial charge is 0.390 e. The number of amides is 1. The fourth-order valence-corrected chi connectivity index (χ4v) is 2.98. The zero-order valence-electron chi connectivity index (χ0n) is 12.3. The van der Waals surface area contributed by atoms with E-state index in [1.165, 1.54) is 23.9 Å². The summed E-state index contributed by atoms with van der Waals surface area (Å²) in [6, 6.07) is 0.559. The number of hydrogen-bond acceptors (Lipinski definition) is 4. The van der Waals surface area contributed by atoms with Crippen LogP contribution in [0.15, 0.2) is 6.20 Å². The van der Waals surface area contributed by atoms with Crippen molar-refractivity contribution in [3.63, 3.8) is 0 Å². The van der Waals surface area contributed by atoms with Crippen molar-refractivity contribution >= 4 is 5.91 Å². The Morgan fingerprint density at radius 1 is 1.45 bits per heavy atom. The van der Waals surface area contributed by atoms with Crippen LogP contribution in [0.25, 0.3) is 0 Å². The van der Waals surface area contributed by atoms with Gasteiger partial charge in [-0.15, -0.1) is 5.10 Å². The third-order valence-corrected chi connectivity index (χ3v) is 3.86. The number of hydrogen-bond donors (Lipinski definition) is 1. The average molecular weight is 280 g/mol. The Labute approximate surface area is 119 Å². The summed E-state index contributed by atoms with van der Waals surface area (Å²) in [4.78, 5) is 14.5. The van der Waals surface area contributed by atoms with Gasteiger partial charge in [-0.25, -0.2) is 4.68 Å². The summed E-state index contributed by atoms with van der Waals surface area (Å²) in [5.74, 6) is 0.0845. The van der Waals surface area contributed by atoms with Crippen LogP contribution >= 0.6 is 0 Å². The fraction of sp³-hybridized carbons (Fsp3) is 0.786. The van der Waals surface area contributed by atoms with Crippen LogP contribution in [-0.2, 0) is 17.9 Å². The molecule has 6 nitrogen and oxygen atoms in total. The predicted octanol–water partition coefficient (Wildman–Crippen LogP) is 1.34. The Balaban J connectivity index is 2.02. The number of nitrogens with zero attached hydrogens (tertiary/aromatic N) is 4. The highest BCUT2D eigenvalue weighted by Gasteiger charge is 2.27. The number of rotatable bonds is 5. The van der Waals surface area contributed by atoms with E-state index < -0.39 is 0 Å². The van der Waals surface area contributed by atoms with Gasteiger partial charge in [-0.1, -0.05) is 24.5 Å². The topological polar surface area (TPSA) is 71.2 Å². The molecule has 1 fully saturated rings. The molecular weight excluding hydrogens is 256 g/mol. The second kappa shape index (κ2) is 6.83. The molecule has 1 amide bonds. The maximum absolute atomic E-state index is 12.5. The number of carbonyl (C=O) groups is 1. The molecule has 1 aliphatic carbocycles. The van der Waals surface area contributed by atoms with Gasteiger partial charge in [-0.05, 0) is 26.7 Å². The summed E-state index contributed by atoms with van der Waals surface area (Å²) < 4.78 is 1.51. The van der Waals surface area contributed by atoms with Crippen molar-refractivity contribution in [2.45, 2.75) is 71.2 Å². The SMILES string of the molecule is CC(C)N(C(=O)Cn1cc(CO)nn1)C1CCCCC1. The van der Waals surface area contributed by atoms with Gasteiger partial charge in [-0.2, -0.15) is 0 Å². The first-order valence-electron chi connectivity index (χ1n) is 7.43. The van der Waals surface area contributed by atoms with Gasteiger partial charge in [0.05, 0.1) is 12.8 Å². The summed E-state index contributed by atoms with van der Waals surface area (Å²) in [7, 11) is 0. The molecule has 0 saturated heterocycles. The van der Waals surface area contributed by atoms with Crippen LogP contribution in [0.1, 0.15) is 51.6 Å². The minimum atomic E-state index is -0.148. The quantitative estimate of drug-likeness (QED) is 0.883. The van der Waals surface area contributed by atoms with Gasteiger partial charge in [-0.3, -0.25) is 4.79 Å². The smallest absolute Gasteiger partial charge is 0.244 e. The van der Waals surface area contributed by atoms with Crippen LogP contribution in [0.3, 0.4) is 0 Å². The highest BCUT2D eigenvalue weighted by Crippen LogP contribution is 2.24. The summed E-state index contributed by atoms with van der Waals surface area (Å²) in [5.41, 5.74) is 0.492. The van der Waals surface area contributed by atoms with Crippen LogP contribution in [0, 0.1) is 0 Å². The summed E-state index contributed by atoms with van der Waals surface area (Å²) in [5, 5.41) is 16.6. The van der Waals surface area contributed by atoms with Gasteiger partial charge in [0, 0.05) is 12.1 Å². The van der Waals surface area contributed by atoms with E-state index in [0.29, 0.717) is 11.7 Å². The molecule has 1 aliphatic rings. The lowest BCUT2D eigenvalue weighted by molar-refractivity contribution is -0.137. The maximum atomic E-state index is 12.5. The van der Waals surface area contributed by atoms with Crippen molar-refractivity contribution in [2.75, 3.05) is 0 Å². The third kappa shape index (κ3) is 3.56. The molecule has 0 aliphatic heterocycles.